The molecule has 0 aliphatic carbocycles. The molecule has 7 nitrogen and oxygen atoms in total. The molecule has 148 valence electrons. The smallest absolute Gasteiger partial charge is 0.315 e. The van der Waals surface area contributed by atoms with Crippen LogP contribution < -0.4 is 10.6 Å². The number of nitrogens with one attached hydrogen (secondary N) is 2. The van der Waals surface area contributed by atoms with Gasteiger partial charge in [0.15, 0.2) is 0 Å². The van der Waals surface area contributed by atoms with Gasteiger partial charge in [-0.3, -0.25) is 9.59 Å². The molecular formula is C18H31N3O4S. The molecule has 3 amide bonds. The van der Waals surface area contributed by atoms with E-state index in [1.165, 1.54) is 7.11 Å². The molecule has 2 N–H and O–H groups in total. The van der Waals surface area contributed by atoms with Gasteiger partial charge in [-0.1, -0.05) is 12.8 Å². The van der Waals surface area contributed by atoms with Gasteiger partial charge in [0.05, 0.1) is 19.2 Å². The summed E-state index contributed by atoms with van der Waals surface area (Å²) in [7, 11) is 3.25. The van der Waals surface area contributed by atoms with E-state index >= 15 is 0 Å². The first-order valence-electron chi connectivity index (χ1n) is 9.50. The van der Waals surface area contributed by atoms with E-state index in [2.05, 4.69) is 15.4 Å². The molecule has 3 atom stereocenters. The number of amides is 3. The fraction of sp³-hybridized carbons (Fsp3) is 0.833. The third-order valence-electron chi connectivity index (χ3n) is 5.10. The molecule has 2 saturated heterocycles. The number of urea groups is 1. The summed E-state index contributed by atoms with van der Waals surface area (Å²) in [4.78, 5) is 36.3. The summed E-state index contributed by atoms with van der Waals surface area (Å²) in [5, 5.41) is 6.41. The molecule has 2 rings (SSSR count). The van der Waals surface area contributed by atoms with Crippen LogP contribution in [0.2, 0.25) is 0 Å². The maximum atomic E-state index is 12.2. The van der Waals surface area contributed by atoms with Gasteiger partial charge in [-0.2, -0.15) is 11.8 Å². The van der Waals surface area contributed by atoms with Crippen LogP contribution in [0.1, 0.15) is 51.4 Å². The molecule has 0 bridgehead atoms. The Kier molecular flexibility index (Phi) is 8.54. The van der Waals surface area contributed by atoms with Gasteiger partial charge in [-0.15, -0.1) is 0 Å². The van der Waals surface area contributed by atoms with Gasteiger partial charge in [0.25, 0.3) is 0 Å². The Morgan fingerprint density at radius 2 is 1.92 bits per heavy atom. The van der Waals surface area contributed by atoms with E-state index in [1.807, 2.05) is 18.8 Å². The summed E-state index contributed by atoms with van der Waals surface area (Å²) in [6.07, 6.45) is 6.61. The van der Waals surface area contributed by atoms with Gasteiger partial charge in [-0.25, -0.2) is 4.79 Å². The lowest BCUT2D eigenvalue weighted by Crippen LogP contribution is -2.36. The van der Waals surface area contributed by atoms with Crippen LogP contribution in [-0.2, 0) is 14.3 Å². The van der Waals surface area contributed by atoms with Crippen molar-refractivity contribution in [3.05, 3.63) is 0 Å². The van der Waals surface area contributed by atoms with Crippen LogP contribution in [-0.4, -0.2) is 66.6 Å². The first-order chi connectivity index (χ1) is 12.5. The molecular weight excluding hydrogens is 354 g/mol. The predicted octanol–water partition coefficient (Wildman–Crippen LogP) is 1.90. The second-order valence-corrected chi connectivity index (χ2v) is 8.34. The highest BCUT2D eigenvalue weighted by Gasteiger charge is 2.42. The highest BCUT2D eigenvalue weighted by atomic mass is 32.2. The molecule has 8 heteroatoms. The maximum Gasteiger partial charge on any atom is 0.315 e. The summed E-state index contributed by atoms with van der Waals surface area (Å²) >= 11 is 1.92. The zero-order valence-corrected chi connectivity index (χ0v) is 16.6. The van der Waals surface area contributed by atoms with Crippen molar-refractivity contribution in [3.63, 3.8) is 0 Å². The largest absolute Gasteiger partial charge is 0.469 e. The monoisotopic (exact) mass is 385 g/mol. The van der Waals surface area contributed by atoms with E-state index in [4.69, 9.17) is 0 Å². The van der Waals surface area contributed by atoms with E-state index in [-0.39, 0.29) is 30.0 Å². The fourth-order valence-corrected chi connectivity index (χ4v) is 5.02. The standard InChI is InChI=1S/C18H31N3O4S/c1-21(11-7-3-4-10-16(23)25-2)15(22)9-6-5-8-14-17-13(12-26-14)19-18(24)20-17/h13-14,17H,3-12H2,1-2H3,(H2,19,20,24). The zero-order valence-electron chi connectivity index (χ0n) is 15.8. The van der Waals surface area contributed by atoms with Crippen molar-refractivity contribution in [2.24, 2.45) is 0 Å². The number of esters is 1. The number of thioether (sulfide) groups is 1. The van der Waals surface area contributed by atoms with E-state index in [0.29, 0.717) is 18.1 Å². The van der Waals surface area contributed by atoms with Crippen LogP contribution >= 0.6 is 11.8 Å². The number of hydrogen-bond donors (Lipinski definition) is 2. The van der Waals surface area contributed by atoms with E-state index < -0.39 is 0 Å². The number of fused-ring (bicyclic) bond motifs is 1. The molecule has 0 radical (unpaired) electrons. The Balaban J connectivity index is 1.50. The van der Waals surface area contributed by atoms with Gasteiger partial charge in [0.1, 0.15) is 0 Å². The molecule has 0 saturated carbocycles. The molecule has 2 aliphatic rings. The van der Waals surface area contributed by atoms with Crippen LogP contribution in [0.4, 0.5) is 4.79 Å². The van der Waals surface area contributed by atoms with Crippen molar-refractivity contribution >= 4 is 29.7 Å². The van der Waals surface area contributed by atoms with Crippen molar-refractivity contribution in [3.8, 4) is 0 Å². The number of methoxy groups -OCH3 is 1. The molecule has 2 fully saturated rings. The lowest BCUT2D eigenvalue weighted by molar-refractivity contribution is -0.140. The van der Waals surface area contributed by atoms with Crippen molar-refractivity contribution in [2.45, 2.75) is 68.7 Å². The van der Waals surface area contributed by atoms with Gasteiger partial charge >= 0.3 is 12.0 Å². The zero-order chi connectivity index (χ0) is 18.9. The summed E-state index contributed by atoms with van der Waals surface area (Å²) in [6.45, 7) is 0.736. The molecule has 3 unspecified atom stereocenters. The molecule has 0 aromatic heterocycles. The van der Waals surface area contributed by atoms with E-state index in [0.717, 1.165) is 50.8 Å². The number of hydrogen-bond acceptors (Lipinski definition) is 5. The van der Waals surface area contributed by atoms with E-state index in [9.17, 15) is 14.4 Å². The topological polar surface area (TPSA) is 87.7 Å². The predicted molar refractivity (Wildman–Crippen MR) is 102 cm³/mol. The summed E-state index contributed by atoms with van der Waals surface area (Å²) < 4.78 is 4.61. The van der Waals surface area contributed by atoms with Gasteiger partial charge in [-0.05, 0) is 25.7 Å². The molecule has 0 spiro atoms. The first kappa shape index (κ1) is 20.9. The quantitative estimate of drug-likeness (QED) is 0.322. The second-order valence-electron chi connectivity index (χ2n) is 7.07. The Labute approximate surface area is 160 Å². The number of carbonyl (C=O) groups is 3. The second kappa shape index (κ2) is 10.6. The van der Waals surface area contributed by atoms with Gasteiger partial charge in [0, 0.05) is 37.4 Å². The van der Waals surface area contributed by atoms with Crippen molar-refractivity contribution in [1.82, 2.24) is 15.5 Å². The fourth-order valence-electron chi connectivity index (χ4n) is 3.48. The average molecular weight is 386 g/mol. The van der Waals surface area contributed by atoms with Gasteiger partial charge < -0.3 is 20.3 Å². The number of ether oxygens (including phenoxy) is 1. The van der Waals surface area contributed by atoms with Crippen molar-refractivity contribution < 1.29 is 19.1 Å². The molecule has 0 aromatic rings. The van der Waals surface area contributed by atoms with Crippen LogP contribution in [0.25, 0.3) is 0 Å². The minimum absolute atomic E-state index is 0.0475. The summed E-state index contributed by atoms with van der Waals surface area (Å²) in [6, 6.07) is 0.467. The average Bonchev–Trinajstić information content (AvgIpc) is 3.17. The Morgan fingerprint density at radius 1 is 1.15 bits per heavy atom. The van der Waals surface area contributed by atoms with Crippen LogP contribution in [0, 0.1) is 0 Å². The van der Waals surface area contributed by atoms with Gasteiger partial charge in [0.2, 0.25) is 5.91 Å². The Bertz CT molecular complexity index is 503. The van der Waals surface area contributed by atoms with Crippen molar-refractivity contribution in [1.29, 1.82) is 0 Å². The SMILES string of the molecule is COC(=O)CCCCCN(C)C(=O)CCCCC1SCC2NC(=O)NC21. The van der Waals surface area contributed by atoms with Crippen LogP contribution in [0.5, 0.6) is 0 Å². The minimum atomic E-state index is -0.172. The molecule has 2 heterocycles. The lowest BCUT2D eigenvalue weighted by atomic mass is 10.0. The van der Waals surface area contributed by atoms with E-state index in [1.54, 1.807) is 4.90 Å². The minimum Gasteiger partial charge on any atom is -0.469 e. The highest BCUT2D eigenvalue weighted by molar-refractivity contribution is 8.00. The third kappa shape index (κ3) is 6.37. The Morgan fingerprint density at radius 3 is 2.69 bits per heavy atom. The normalized spacial score (nSPS) is 23.9. The lowest BCUT2D eigenvalue weighted by Gasteiger charge is -2.18. The Hall–Kier alpha value is -1.44. The summed E-state index contributed by atoms with van der Waals surface area (Å²) in [5.41, 5.74) is 0. The summed E-state index contributed by atoms with van der Waals surface area (Å²) in [5.74, 6) is 0.992. The molecule has 26 heavy (non-hydrogen) atoms. The van der Waals surface area contributed by atoms with Crippen LogP contribution in [0.3, 0.4) is 0 Å². The van der Waals surface area contributed by atoms with Crippen LogP contribution in [0.15, 0.2) is 0 Å². The molecule has 0 aromatic carbocycles. The number of nitrogens with zero attached hydrogens (tertiary/aromatic N) is 1. The highest BCUT2D eigenvalue weighted by Crippen LogP contribution is 2.33. The third-order valence-corrected chi connectivity index (χ3v) is 6.60. The molecule has 2 aliphatic heterocycles. The number of unbranched alkanes of at least 4 members (excludes halogenated alkanes) is 3. The first-order valence-corrected chi connectivity index (χ1v) is 10.6. The van der Waals surface area contributed by atoms with Crippen molar-refractivity contribution in [2.75, 3.05) is 26.5 Å². The number of rotatable bonds is 11. The maximum absolute atomic E-state index is 12.2. The number of carbonyl (C=O) groups excluding carboxylic acids is 3.